The first-order valence-electron chi connectivity index (χ1n) is 9.84. The van der Waals surface area contributed by atoms with Crippen LogP contribution in [-0.2, 0) is 9.53 Å². The molecule has 0 radical (unpaired) electrons. The maximum atomic E-state index is 14.4. The lowest BCUT2D eigenvalue weighted by atomic mass is 9.78. The van der Waals surface area contributed by atoms with Gasteiger partial charge in [-0.3, -0.25) is 9.59 Å². The largest absolute Gasteiger partial charge is 0.431 e. The van der Waals surface area contributed by atoms with Crippen LogP contribution in [0.15, 0.2) is 30.3 Å². The number of hydrogen-bond acceptors (Lipinski definition) is 4. The van der Waals surface area contributed by atoms with E-state index in [0.717, 1.165) is 24.3 Å². The van der Waals surface area contributed by atoms with E-state index in [0.29, 0.717) is 0 Å². The number of anilines is 1. The summed E-state index contributed by atoms with van der Waals surface area (Å²) in [6.07, 6.45) is -1.35. The van der Waals surface area contributed by atoms with E-state index in [9.17, 15) is 31.5 Å². The Morgan fingerprint density at radius 2 is 1.76 bits per heavy atom. The van der Waals surface area contributed by atoms with E-state index in [1.54, 1.807) is 20.8 Å². The third-order valence-corrected chi connectivity index (χ3v) is 5.80. The van der Waals surface area contributed by atoms with E-state index >= 15 is 0 Å². The molecule has 0 aromatic heterocycles. The maximum absolute atomic E-state index is 14.4. The Hall–Kier alpha value is -3.21. The lowest BCUT2D eigenvalue weighted by molar-refractivity contribution is -0.131. The molecule has 1 aliphatic rings. The summed E-state index contributed by atoms with van der Waals surface area (Å²) in [4.78, 5) is 24.5. The molecule has 2 amide bonds. The summed E-state index contributed by atoms with van der Waals surface area (Å²) in [5.41, 5.74) is 3.52. The average molecular weight is 472 g/mol. The summed E-state index contributed by atoms with van der Waals surface area (Å²) in [7, 11) is 0. The number of halogens is 5. The highest BCUT2D eigenvalue weighted by Crippen LogP contribution is 2.49. The molecule has 1 aliphatic heterocycles. The van der Waals surface area contributed by atoms with Crippen molar-refractivity contribution in [2.75, 3.05) is 5.32 Å². The van der Waals surface area contributed by atoms with Gasteiger partial charge in [0.05, 0.1) is 11.2 Å². The highest BCUT2D eigenvalue weighted by Gasteiger charge is 2.51. The highest BCUT2D eigenvalue weighted by atomic mass is 19.3. The second kappa shape index (κ2) is 8.97. The van der Waals surface area contributed by atoms with Gasteiger partial charge < -0.3 is 20.5 Å². The number of benzene rings is 2. The van der Waals surface area contributed by atoms with Gasteiger partial charge in [-0.1, -0.05) is 13.0 Å². The van der Waals surface area contributed by atoms with E-state index in [1.807, 2.05) is 0 Å². The lowest BCUT2D eigenvalue weighted by Gasteiger charge is -2.26. The van der Waals surface area contributed by atoms with Gasteiger partial charge in [-0.05, 0) is 44.0 Å². The number of nitrogens with two attached hydrogens (primary N) is 1. The monoisotopic (exact) mass is 472 g/mol. The lowest BCUT2D eigenvalue weighted by Crippen LogP contribution is -2.33. The van der Waals surface area contributed by atoms with Crippen LogP contribution >= 0.6 is 0 Å². The van der Waals surface area contributed by atoms with Gasteiger partial charge >= 0.3 is 6.61 Å². The molecule has 1 fully saturated rings. The van der Waals surface area contributed by atoms with Gasteiger partial charge in [0.25, 0.3) is 11.8 Å². The third-order valence-electron chi connectivity index (χ3n) is 5.80. The van der Waals surface area contributed by atoms with E-state index in [4.69, 9.17) is 10.5 Å². The van der Waals surface area contributed by atoms with Crippen LogP contribution in [0.3, 0.4) is 0 Å². The third kappa shape index (κ3) is 4.77. The number of alkyl halides is 2. The number of amides is 2. The summed E-state index contributed by atoms with van der Waals surface area (Å²) in [5, 5.41) is 2.46. The number of hydrogen-bond donors (Lipinski definition) is 2. The Labute approximate surface area is 185 Å². The first kappa shape index (κ1) is 24.4. The van der Waals surface area contributed by atoms with Crippen LogP contribution < -0.4 is 15.8 Å². The minimum absolute atomic E-state index is 0.0178. The predicted molar refractivity (Wildman–Crippen MR) is 107 cm³/mol. The van der Waals surface area contributed by atoms with Gasteiger partial charge in [-0.15, -0.1) is 0 Å². The average Bonchev–Trinajstić information content (AvgIpc) is 2.96. The van der Waals surface area contributed by atoms with Crippen molar-refractivity contribution in [3.63, 3.8) is 0 Å². The molecular weight excluding hydrogens is 451 g/mol. The number of nitrogens with one attached hydrogen (secondary N) is 1. The van der Waals surface area contributed by atoms with Gasteiger partial charge in [0, 0.05) is 17.2 Å². The maximum Gasteiger partial charge on any atom is 0.387 e. The molecule has 178 valence electrons. The molecule has 2 aromatic rings. The Bertz CT molecular complexity index is 1090. The van der Waals surface area contributed by atoms with Crippen LogP contribution in [0, 0.1) is 23.4 Å². The zero-order valence-corrected chi connectivity index (χ0v) is 17.8. The van der Waals surface area contributed by atoms with E-state index < -0.39 is 70.7 Å². The van der Waals surface area contributed by atoms with Crippen molar-refractivity contribution in [3.8, 4) is 5.75 Å². The van der Waals surface area contributed by atoms with Crippen LogP contribution in [0.1, 0.15) is 42.6 Å². The van der Waals surface area contributed by atoms with Gasteiger partial charge in [-0.25, -0.2) is 8.78 Å². The summed E-state index contributed by atoms with van der Waals surface area (Å²) in [6, 6.07) is 4.94. The molecule has 0 bridgehead atoms. The molecule has 0 unspecified atom stereocenters. The second-order valence-electron chi connectivity index (χ2n) is 8.16. The molecule has 0 saturated carbocycles. The van der Waals surface area contributed by atoms with Crippen LogP contribution in [0.4, 0.5) is 27.6 Å². The quantitative estimate of drug-likeness (QED) is 0.612. The summed E-state index contributed by atoms with van der Waals surface area (Å²) in [5.74, 6) is -8.30. The number of rotatable bonds is 6. The molecule has 0 aliphatic carbocycles. The fourth-order valence-electron chi connectivity index (χ4n) is 3.88. The normalized spacial score (nSPS) is 21.8. The number of ether oxygens (including phenoxy) is 2. The van der Waals surface area contributed by atoms with Crippen molar-refractivity contribution in [3.05, 3.63) is 58.9 Å². The van der Waals surface area contributed by atoms with Gasteiger partial charge in [-0.2, -0.15) is 13.2 Å². The molecule has 1 heterocycles. The van der Waals surface area contributed by atoms with Crippen molar-refractivity contribution in [2.45, 2.75) is 45.0 Å². The summed E-state index contributed by atoms with van der Waals surface area (Å²) >= 11 is 0. The van der Waals surface area contributed by atoms with E-state index in [1.165, 1.54) is 6.07 Å². The number of carbonyl (C=O) groups excluding carboxylic acids is 2. The van der Waals surface area contributed by atoms with Crippen LogP contribution in [-0.4, -0.2) is 30.1 Å². The smallest absolute Gasteiger partial charge is 0.387 e. The van der Waals surface area contributed by atoms with Crippen LogP contribution in [0.5, 0.6) is 5.75 Å². The highest BCUT2D eigenvalue weighted by molar-refractivity contribution is 5.98. The minimum atomic E-state index is -3.44. The number of primary amides is 1. The SMILES string of the molecule is C[C@@H]1[C@H](c2ccc(F)c(F)c2OC(F)F)[C@H](C(=O)Nc2ccc(F)c(C(N)=O)c2)OC1(C)C. The standard InChI is InChI=1S/C22H21F5N2O4/c1-9-15(11-5-7-14(24)16(25)17(11)32-21(26)27)18(33-22(9,2)3)20(31)29-10-4-6-13(23)12(8-10)19(28)30/h4-9,15,18,21H,1-3H3,(H2,28,30)(H,29,31)/t9-,15-,18-/m1/s1. The molecule has 1 saturated heterocycles. The molecular formula is C22H21F5N2O4. The molecule has 6 nitrogen and oxygen atoms in total. The second-order valence-corrected chi connectivity index (χ2v) is 8.16. The fraction of sp³-hybridized carbons (Fsp3) is 0.364. The van der Waals surface area contributed by atoms with Gasteiger partial charge in [0.15, 0.2) is 11.6 Å². The van der Waals surface area contributed by atoms with Gasteiger partial charge in [0.2, 0.25) is 5.82 Å². The van der Waals surface area contributed by atoms with Crippen molar-refractivity contribution in [1.29, 1.82) is 0 Å². The Morgan fingerprint density at radius 1 is 1.12 bits per heavy atom. The zero-order valence-electron chi connectivity index (χ0n) is 17.8. The first-order valence-corrected chi connectivity index (χ1v) is 9.84. The first-order chi connectivity index (χ1) is 15.3. The minimum Gasteiger partial charge on any atom is -0.431 e. The Balaban J connectivity index is 2.02. The van der Waals surface area contributed by atoms with E-state index in [2.05, 4.69) is 10.1 Å². The summed E-state index contributed by atoms with van der Waals surface area (Å²) in [6.45, 7) is 1.52. The predicted octanol–water partition coefficient (Wildman–Crippen LogP) is 4.34. The number of carbonyl (C=O) groups is 2. The van der Waals surface area contributed by atoms with Crippen molar-refractivity contribution in [2.24, 2.45) is 11.7 Å². The molecule has 3 N–H and O–H groups in total. The topological polar surface area (TPSA) is 90.6 Å². The molecule has 2 aromatic carbocycles. The Kier molecular flexibility index (Phi) is 6.64. The van der Waals surface area contributed by atoms with Crippen molar-refractivity contribution in [1.82, 2.24) is 0 Å². The van der Waals surface area contributed by atoms with Crippen molar-refractivity contribution >= 4 is 17.5 Å². The summed E-state index contributed by atoms with van der Waals surface area (Å²) < 4.78 is 77.8. The molecule has 0 spiro atoms. The zero-order chi connectivity index (χ0) is 24.7. The fourth-order valence-corrected chi connectivity index (χ4v) is 3.88. The van der Waals surface area contributed by atoms with Gasteiger partial charge in [0.1, 0.15) is 11.9 Å². The van der Waals surface area contributed by atoms with Crippen LogP contribution in [0.25, 0.3) is 0 Å². The van der Waals surface area contributed by atoms with Crippen LogP contribution in [0.2, 0.25) is 0 Å². The van der Waals surface area contributed by atoms with E-state index in [-0.39, 0.29) is 11.3 Å². The Morgan fingerprint density at radius 3 is 2.36 bits per heavy atom. The molecule has 33 heavy (non-hydrogen) atoms. The molecule has 11 heteroatoms. The molecule has 3 atom stereocenters. The molecule has 3 rings (SSSR count). The van der Waals surface area contributed by atoms with Crippen molar-refractivity contribution < 1.29 is 41.0 Å².